The number of anilines is 1. The molecule has 1 fully saturated rings. The molecule has 1 aliphatic heterocycles. The molecule has 4 rings (SSSR count). The molecule has 26 heavy (non-hydrogen) atoms. The van der Waals surface area contributed by atoms with E-state index in [1.807, 2.05) is 6.07 Å². The lowest BCUT2D eigenvalue weighted by Crippen LogP contribution is -2.39. The quantitative estimate of drug-likeness (QED) is 0.798. The van der Waals surface area contributed by atoms with E-state index < -0.39 is 5.92 Å². The lowest BCUT2D eigenvalue weighted by atomic mass is 9.93. The number of fused-ring (bicyclic) bond motifs is 1. The van der Waals surface area contributed by atoms with Gasteiger partial charge in [-0.1, -0.05) is 23.2 Å². The number of benzene rings is 1. The van der Waals surface area contributed by atoms with E-state index in [4.69, 9.17) is 27.6 Å². The molecule has 2 heterocycles. The number of nitrogens with zero attached hydrogens (tertiary/aromatic N) is 1. The van der Waals surface area contributed by atoms with Crippen molar-refractivity contribution < 1.29 is 14.0 Å². The fraction of sp³-hybridized carbons (Fsp3) is 0.368. The minimum absolute atomic E-state index is 0.0863. The van der Waals surface area contributed by atoms with E-state index in [1.165, 1.54) is 0 Å². The zero-order chi connectivity index (χ0) is 18.3. The first-order valence-electron chi connectivity index (χ1n) is 8.67. The summed E-state index contributed by atoms with van der Waals surface area (Å²) in [7, 11) is 0. The summed E-state index contributed by atoms with van der Waals surface area (Å²) >= 11 is 12.0. The molecule has 1 N–H and O–H groups in total. The molecule has 1 aliphatic carbocycles. The smallest absolute Gasteiger partial charge is 0.239 e. The number of furan rings is 1. The van der Waals surface area contributed by atoms with Crippen LogP contribution in [0.15, 0.2) is 34.9 Å². The minimum atomic E-state index is -0.679. The molecule has 0 bridgehead atoms. The largest absolute Gasteiger partial charge is 0.469 e. The Labute approximate surface area is 161 Å². The van der Waals surface area contributed by atoms with Crippen molar-refractivity contribution in [2.75, 3.05) is 11.4 Å². The molecule has 1 aromatic carbocycles. The van der Waals surface area contributed by atoms with Gasteiger partial charge in [-0.3, -0.25) is 9.59 Å². The van der Waals surface area contributed by atoms with Crippen LogP contribution >= 0.6 is 23.2 Å². The number of halogens is 2. The van der Waals surface area contributed by atoms with Gasteiger partial charge in [0.25, 0.3) is 0 Å². The summed E-state index contributed by atoms with van der Waals surface area (Å²) in [4.78, 5) is 27.1. The van der Waals surface area contributed by atoms with Gasteiger partial charge in [0, 0.05) is 24.2 Å². The van der Waals surface area contributed by atoms with Crippen molar-refractivity contribution >= 4 is 40.7 Å². The molecule has 2 aromatic rings. The number of amides is 2. The Morgan fingerprint density at radius 2 is 2.04 bits per heavy atom. The molecular weight excluding hydrogens is 375 g/mol. The van der Waals surface area contributed by atoms with E-state index in [0.29, 0.717) is 28.7 Å². The van der Waals surface area contributed by atoms with Crippen LogP contribution < -0.4 is 10.2 Å². The van der Waals surface area contributed by atoms with Gasteiger partial charge in [0.15, 0.2) is 0 Å². The molecular formula is C19H18Cl2N2O3. The predicted octanol–water partition coefficient (Wildman–Crippen LogP) is 4.13. The highest BCUT2D eigenvalue weighted by atomic mass is 35.5. The van der Waals surface area contributed by atoms with Crippen LogP contribution in [0.25, 0.3) is 0 Å². The van der Waals surface area contributed by atoms with Gasteiger partial charge in [0.1, 0.15) is 11.7 Å². The van der Waals surface area contributed by atoms with E-state index in [9.17, 15) is 9.59 Å². The van der Waals surface area contributed by atoms with Crippen LogP contribution in [-0.2, 0) is 16.0 Å². The standard InChI is InChI=1S/C19H18Cl2N2O3/c20-14-5-4-11(10-15(14)21)23-8-6-13(19(23)25)18(24)22-16-2-1-3-17-12(16)7-9-26-17/h4-5,7,9-10,13,16H,1-3,6,8H2,(H,22,24). The average molecular weight is 393 g/mol. The first kappa shape index (κ1) is 17.4. The van der Waals surface area contributed by atoms with Crippen molar-refractivity contribution in [3.63, 3.8) is 0 Å². The Morgan fingerprint density at radius 1 is 1.19 bits per heavy atom. The average Bonchev–Trinajstić information content (AvgIpc) is 3.24. The lowest BCUT2D eigenvalue weighted by molar-refractivity contribution is -0.132. The molecule has 1 saturated heterocycles. The van der Waals surface area contributed by atoms with Crippen LogP contribution in [0.3, 0.4) is 0 Å². The maximum Gasteiger partial charge on any atom is 0.239 e. The number of carbonyl (C=O) groups excluding carboxylic acids is 2. The number of hydrogen-bond acceptors (Lipinski definition) is 3. The summed E-state index contributed by atoms with van der Waals surface area (Å²) in [6.45, 7) is 0.483. The van der Waals surface area contributed by atoms with Gasteiger partial charge < -0.3 is 14.6 Å². The molecule has 136 valence electrons. The molecule has 2 amide bonds. The normalized spacial score (nSPS) is 22.4. The van der Waals surface area contributed by atoms with E-state index >= 15 is 0 Å². The maximum atomic E-state index is 12.8. The Balaban J connectivity index is 1.47. The summed E-state index contributed by atoms with van der Waals surface area (Å²) in [5.41, 5.74) is 1.69. The van der Waals surface area contributed by atoms with Crippen LogP contribution in [0, 0.1) is 5.92 Å². The highest BCUT2D eigenvalue weighted by Gasteiger charge is 2.39. The maximum absolute atomic E-state index is 12.8. The molecule has 0 radical (unpaired) electrons. The van der Waals surface area contributed by atoms with Gasteiger partial charge >= 0.3 is 0 Å². The van der Waals surface area contributed by atoms with Gasteiger partial charge in [-0.15, -0.1) is 0 Å². The van der Waals surface area contributed by atoms with Gasteiger partial charge in [-0.25, -0.2) is 0 Å². The SMILES string of the molecule is O=C(NC1CCCc2occc21)C1CCN(c2ccc(Cl)c(Cl)c2)C1=O. The Bertz CT molecular complexity index is 864. The summed E-state index contributed by atoms with van der Waals surface area (Å²) in [5.74, 6) is -0.181. The third kappa shape index (κ3) is 3.10. The van der Waals surface area contributed by atoms with Crippen LogP contribution in [-0.4, -0.2) is 18.4 Å². The highest BCUT2D eigenvalue weighted by molar-refractivity contribution is 6.42. The molecule has 7 heteroatoms. The number of nitrogens with one attached hydrogen (secondary N) is 1. The van der Waals surface area contributed by atoms with Gasteiger partial charge in [-0.2, -0.15) is 0 Å². The third-order valence-corrected chi connectivity index (χ3v) is 5.84. The topological polar surface area (TPSA) is 62.6 Å². The Morgan fingerprint density at radius 3 is 2.85 bits per heavy atom. The van der Waals surface area contributed by atoms with Crippen molar-refractivity contribution in [3.05, 3.63) is 51.9 Å². The number of hydrogen-bond donors (Lipinski definition) is 1. The predicted molar refractivity (Wildman–Crippen MR) is 99.5 cm³/mol. The third-order valence-electron chi connectivity index (χ3n) is 5.11. The fourth-order valence-corrected chi connectivity index (χ4v) is 4.03. The van der Waals surface area contributed by atoms with Crippen LogP contribution in [0.1, 0.15) is 36.6 Å². The highest BCUT2D eigenvalue weighted by Crippen LogP contribution is 2.33. The second-order valence-electron chi connectivity index (χ2n) is 6.68. The van der Waals surface area contributed by atoms with Gasteiger partial charge in [-0.05, 0) is 43.5 Å². The molecule has 1 aromatic heterocycles. The first-order chi connectivity index (χ1) is 12.5. The first-order valence-corrected chi connectivity index (χ1v) is 9.43. The molecule has 5 nitrogen and oxygen atoms in total. The van der Waals surface area contributed by atoms with E-state index in [1.54, 1.807) is 29.4 Å². The molecule has 2 unspecified atom stereocenters. The molecule has 2 atom stereocenters. The lowest BCUT2D eigenvalue weighted by Gasteiger charge is -2.24. The van der Waals surface area contributed by atoms with Crippen LogP contribution in [0.2, 0.25) is 10.0 Å². The second kappa shape index (κ2) is 6.97. The molecule has 0 saturated carbocycles. The van der Waals surface area contributed by atoms with E-state index in [0.717, 1.165) is 30.6 Å². The van der Waals surface area contributed by atoms with E-state index in [2.05, 4.69) is 5.32 Å². The van der Waals surface area contributed by atoms with Crippen LogP contribution in [0.5, 0.6) is 0 Å². The van der Waals surface area contributed by atoms with Crippen LogP contribution in [0.4, 0.5) is 5.69 Å². The second-order valence-corrected chi connectivity index (χ2v) is 7.50. The van der Waals surface area contributed by atoms with Gasteiger partial charge in [0.2, 0.25) is 11.8 Å². The summed E-state index contributed by atoms with van der Waals surface area (Å²) in [6.07, 6.45) is 4.84. The minimum Gasteiger partial charge on any atom is -0.469 e. The summed E-state index contributed by atoms with van der Waals surface area (Å²) in [6, 6.07) is 6.86. The monoisotopic (exact) mass is 392 g/mol. The van der Waals surface area contributed by atoms with Crippen molar-refractivity contribution in [1.29, 1.82) is 0 Å². The Hall–Kier alpha value is -1.98. The van der Waals surface area contributed by atoms with Crippen molar-refractivity contribution in [1.82, 2.24) is 5.32 Å². The number of aryl methyl sites for hydroxylation is 1. The fourth-order valence-electron chi connectivity index (χ4n) is 3.74. The molecule has 0 spiro atoms. The summed E-state index contributed by atoms with van der Waals surface area (Å²) in [5, 5.41) is 3.86. The van der Waals surface area contributed by atoms with Crippen molar-refractivity contribution in [3.8, 4) is 0 Å². The van der Waals surface area contributed by atoms with Crippen molar-refractivity contribution in [2.45, 2.75) is 31.7 Å². The number of carbonyl (C=O) groups is 2. The van der Waals surface area contributed by atoms with Crippen molar-refractivity contribution in [2.24, 2.45) is 5.92 Å². The zero-order valence-electron chi connectivity index (χ0n) is 14.0. The zero-order valence-corrected chi connectivity index (χ0v) is 15.5. The number of rotatable bonds is 3. The van der Waals surface area contributed by atoms with E-state index in [-0.39, 0.29) is 17.9 Å². The summed E-state index contributed by atoms with van der Waals surface area (Å²) < 4.78 is 5.46. The Kier molecular flexibility index (Phi) is 4.67. The molecule has 2 aliphatic rings. The van der Waals surface area contributed by atoms with Gasteiger partial charge in [0.05, 0.1) is 22.4 Å².